The molecule has 0 saturated heterocycles. The summed E-state index contributed by atoms with van der Waals surface area (Å²) in [6.45, 7) is 0.429. The Balaban J connectivity index is 1.89. The molecule has 0 N–H and O–H groups in total. The van der Waals surface area contributed by atoms with Gasteiger partial charge in [-0.2, -0.15) is 0 Å². The van der Waals surface area contributed by atoms with E-state index in [4.69, 9.17) is 27.9 Å². The van der Waals surface area contributed by atoms with E-state index in [1.54, 1.807) is 36.2 Å². The standard InChI is InChI=1S/C16H14BrCl2NO2/c1-20(9-11-2-5-13(18)6-3-11)16(21)10-22-15-7-4-12(17)8-14(15)19/h2-8H,9-10H2,1H3. The molecular weight excluding hydrogens is 389 g/mol. The zero-order valence-corrected chi connectivity index (χ0v) is 15.0. The smallest absolute Gasteiger partial charge is 0.260 e. The molecule has 0 aliphatic carbocycles. The largest absolute Gasteiger partial charge is 0.482 e. The number of nitrogens with zero attached hydrogens (tertiary/aromatic N) is 1. The van der Waals surface area contributed by atoms with Gasteiger partial charge in [0, 0.05) is 23.1 Å². The van der Waals surface area contributed by atoms with Crippen molar-refractivity contribution in [1.82, 2.24) is 4.90 Å². The molecule has 3 nitrogen and oxygen atoms in total. The van der Waals surface area contributed by atoms with E-state index in [0.717, 1.165) is 10.0 Å². The second-order valence-corrected chi connectivity index (χ2v) is 6.50. The molecule has 0 aliphatic rings. The molecule has 0 radical (unpaired) electrons. The van der Waals surface area contributed by atoms with Crippen LogP contribution in [0, 0.1) is 0 Å². The highest BCUT2D eigenvalue weighted by molar-refractivity contribution is 9.10. The van der Waals surface area contributed by atoms with Crippen molar-refractivity contribution >= 4 is 45.0 Å². The summed E-state index contributed by atoms with van der Waals surface area (Å²) in [5.74, 6) is 0.354. The van der Waals surface area contributed by atoms with Crippen LogP contribution in [0.1, 0.15) is 5.56 Å². The van der Waals surface area contributed by atoms with Gasteiger partial charge in [-0.3, -0.25) is 4.79 Å². The maximum atomic E-state index is 12.1. The molecule has 0 atom stereocenters. The lowest BCUT2D eigenvalue weighted by atomic mass is 10.2. The van der Waals surface area contributed by atoms with Crippen LogP contribution in [0.5, 0.6) is 5.75 Å². The Kier molecular flexibility index (Phi) is 6.12. The summed E-state index contributed by atoms with van der Waals surface area (Å²) in [5.41, 5.74) is 1.00. The zero-order chi connectivity index (χ0) is 16.1. The predicted molar refractivity (Wildman–Crippen MR) is 92.6 cm³/mol. The minimum absolute atomic E-state index is 0.0640. The van der Waals surface area contributed by atoms with Crippen molar-refractivity contribution in [1.29, 1.82) is 0 Å². The monoisotopic (exact) mass is 401 g/mol. The lowest BCUT2D eigenvalue weighted by Crippen LogP contribution is -2.30. The van der Waals surface area contributed by atoms with E-state index >= 15 is 0 Å². The summed E-state index contributed by atoms with van der Waals surface area (Å²) >= 11 is 15.2. The van der Waals surface area contributed by atoms with Crippen LogP contribution in [0.3, 0.4) is 0 Å². The maximum absolute atomic E-state index is 12.1. The molecule has 0 unspecified atom stereocenters. The van der Waals surface area contributed by atoms with Gasteiger partial charge in [0.1, 0.15) is 5.75 Å². The Labute approximate surface area is 147 Å². The van der Waals surface area contributed by atoms with Crippen LogP contribution in [0.2, 0.25) is 10.0 Å². The molecule has 116 valence electrons. The number of likely N-dealkylation sites (N-methyl/N-ethyl adjacent to an activating group) is 1. The number of carbonyl (C=O) groups excluding carboxylic acids is 1. The second kappa shape index (κ2) is 7.86. The topological polar surface area (TPSA) is 29.5 Å². The summed E-state index contributed by atoms with van der Waals surface area (Å²) < 4.78 is 6.32. The lowest BCUT2D eigenvalue weighted by Gasteiger charge is -2.18. The van der Waals surface area contributed by atoms with Gasteiger partial charge >= 0.3 is 0 Å². The van der Waals surface area contributed by atoms with Crippen molar-refractivity contribution in [2.45, 2.75) is 6.54 Å². The first-order valence-corrected chi connectivity index (χ1v) is 8.07. The highest BCUT2D eigenvalue weighted by atomic mass is 79.9. The normalized spacial score (nSPS) is 10.4. The fraction of sp³-hybridized carbons (Fsp3) is 0.188. The van der Waals surface area contributed by atoms with Gasteiger partial charge in [0.15, 0.2) is 6.61 Å². The highest BCUT2D eigenvalue weighted by Gasteiger charge is 2.11. The van der Waals surface area contributed by atoms with Gasteiger partial charge in [0.2, 0.25) is 0 Å². The summed E-state index contributed by atoms with van der Waals surface area (Å²) in [6, 6.07) is 12.6. The number of ether oxygens (including phenoxy) is 1. The number of benzene rings is 2. The Morgan fingerprint density at radius 3 is 2.50 bits per heavy atom. The van der Waals surface area contributed by atoms with E-state index in [1.807, 2.05) is 18.2 Å². The molecule has 0 aliphatic heterocycles. The van der Waals surface area contributed by atoms with Gasteiger partial charge < -0.3 is 9.64 Å². The fourth-order valence-electron chi connectivity index (χ4n) is 1.79. The number of hydrogen-bond donors (Lipinski definition) is 0. The molecule has 0 spiro atoms. The third-order valence-corrected chi connectivity index (χ3v) is 4.04. The first-order valence-electron chi connectivity index (χ1n) is 6.52. The van der Waals surface area contributed by atoms with Crippen molar-refractivity contribution < 1.29 is 9.53 Å². The first-order chi connectivity index (χ1) is 10.5. The Morgan fingerprint density at radius 2 is 1.86 bits per heavy atom. The SMILES string of the molecule is CN(Cc1ccc(Cl)cc1)C(=O)COc1ccc(Br)cc1Cl. The van der Waals surface area contributed by atoms with Crippen molar-refractivity contribution in [3.63, 3.8) is 0 Å². The molecule has 0 fully saturated rings. The number of halogens is 3. The molecule has 1 amide bonds. The molecule has 2 rings (SSSR count). The van der Waals surface area contributed by atoms with Gasteiger partial charge in [0.05, 0.1) is 5.02 Å². The molecule has 2 aromatic rings. The van der Waals surface area contributed by atoms with Crippen LogP contribution in [0.15, 0.2) is 46.9 Å². The summed E-state index contributed by atoms with van der Waals surface area (Å²) in [5, 5.41) is 1.13. The minimum atomic E-state index is -0.131. The van der Waals surface area contributed by atoms with E-state index in [9.17, 15) is 4.79 Å². The maximum Gasteiger partial charge on any atom is 0.260 e. The fourth-order valence-corrected chi connectivity index (χ4v) is 2.65. The van der Waals surface area contributed by atoms with Gasteiger partial charge in [-0.25, -0.2) is 0 Å². The molecular formula is C16H14BrCl2NO2. The van der Waals surface area contributed by atoms with Crippen LogP contribution in [0.25, 0.3) is 0 Å². The Bertz CT molecular complexity index is 662. The van der Waals surface area contributed by atoms with Crippen LogP contribution >= 0.6 is 39.1 Å². The molecule has 0 saturated carbocycles. The molecule has 0 heterocycles. The zero-order valence-electron chi connectivity index (χ0n) is 11.9. The molecule has 6 heteroatoms. The molecule has 0 aromatic heterocycles. The number of hydrogen-bond acceptors (Lipinski definition) is 2. The van der Waals surface area contributed by atoms with Crippen LogP contribution < -0.4 is 4.74 Å². The van der Waals surface area contributed by atoms with Crippen molar-refractivity contribution in [3.8, 4) is 5.75 Å². The van der Waals surface area contributed by atoms with E-state index in [0.29, 0.717) is 22.3 Å². The Hall–Kier alpha value is -1.23. The van der Waals surface area contributed by atoms with Gasteiger partial charge in [0.25, 0.3) is 5.91 Å². The third kappa shape index (κ3) is 4.90. The van der Waals surface area contributed by atoms with Gasteiger partial charge in [-0.05, 0) is 35.9 Å². The van der Waals surface area contributed by atoms with Crippen molar-refractivity contribution in [3.05, 3.63) is 62.5 Å². The average Bonchev–Trinajstić information content (AvgIpc) is 2.48. The van der Waals surface area contributed by atoms with Gasteiger partial charge in [-0.15, -0.1) is 0 Å². The van der Waals surface area contributed by atoms with Crippen LogP contribution in [-0.2, 0) is 11.3 Å². The number of rotatable bonds is 5. The second-order valence-electron chi connectivity index (χ2n) is 4.74. The minimum Gasteiger partial charge on any atom is -0.482 e. The first kappa shape index (κ1) is 17.1. The van der Waals surface area contributed by atoms with Gasteiger partial charge in [-0.1, -0.05) is 51.3 Å². The molecule has 22 heavy (non-hydrogen) atoms. The Morgan fingerprint density at radius 1 is 1.18 bits per heavy atom. The van der Waals surface area contributed by atoms with E-state index < -0.39 is 0 Å². The van der Waals surface area contributed by atoms with Crippen LogP contribution in [-0.4, -0.2) is 24.5 Å². The molecule has 2 aromatic carbocycles. The summed E-state index contributed by atoms with van der Waals surface area (Å²) in [4.78, 5) is 13.7. The average molecular weight is 403 g/mol. The van der Waals surface area contributed by atoms with Crippen molar-refractivity contribution in [2.24, 2.45) is 0 Å². The number of amides is 1. The van der Waals surface area contributed by atoms with Crippen molar-refractivity contribution in [2.75, 3.05) is 13.7 Å². The quantitative estimate of drug-likeness (QED) is 0.719. The summed E-state index contributed by atoms with van der Waals surface area (Å²) in [6.07, 6.45) is 0. The number of carbonyl (C=O) groups is 1. The lowest BCUT2D eigenvalue weighted by molar-refractivity contribution is -0.132. The highest BCUT2D eigenvalue weighted by Crippen LogP contribution is 2.27. The summed E-state index contributed by atoms with van der Waals surface area (Å²) in [7, 11) is 1.73. The van der Waals surface area contributed by atoms with E-state index in [-0.39, 0.29) is 12.5 Å². The van der Waals surface area contributed by atoms with E-state index in [1.165, 1.54) is 0 Å². The third-order valence-electron chi connectivity index (χ3n) is 3.00. The predicted octanol–water partition coefficient (Wildman–Crippen LogP) is 4.79. The molecule has 0 bridgehead atoms. The van der Waals surface area contributed by atoms with Crippen LogP contribution in [0.4, 0.5) is 0 Å². The van der Waals surface area contributed by atoms with E-state index in [2.05, 4.69) is 15.9 Å².